The van der Waals surface area contributed by atoms with Gasteiger partial charge in [-0.1, -0.05) is 17.7 Å². The molecular weight excluding hydrogens is 342 g/mol. The molecule has 0 atom stereocenters. The first kappa shape index (κ1) is 14.9. The van der Waals surface area contributed by atoms with E-state index in [9.17, 15) is 0 Å². The number of nitrogens with zero attached hydrogens (tertiary/aromatic N) is 1. The van der Waals surface area contributed by atoms with Crippen molar-refractivity contribution in [2.45, 2.75) is 20.0 Å². The number of nitrogens with two attached hydrogens (primary N) is 1. The van der Waals surface area contributed by atoms with E-state index in [-0.39, 0.29) is 6.10 Å². The molecule has 0 aliphatic rings. The SMILES string of the molecule is CC(C)Oc1nc(Nc2cccc(Cl)c2Br)ccc1N. The van der Waals surface area contributed by atoms with E-state index in [0.717, 1.165) is 10.2 Å². The van der Waals surface area contributed by atoms with Crippen molar-refractivity contribution in [1.82, 2.24) is 4.98 Å². The molecule has 1 heterocycles. The fourth-order valence-electron chi connectivity index (χ4n) is 1.58. The van der Waals surface area contributed by atoms with Gasteiger partial charge in [-0.05, 0) is 54.0 Å². The standard InChI is InChI=1S/C14H15BrClN3O/c1-8(2)20-14-10(17)6-7-12(19-14)18-11-5-3-4-9(16)13(11)15/h3-8H,17H2,1-2H3,(H,18,19). The number of halogens is 2. The van der Waals surface area contributed by atoms with Crippen molar-refractivity contribution < 1.29 is 4.74 Å². The van der Waals surface area contributed by atoms with Gasteiger partial charge in [0.15, 0.2) is 0 Å². The molecule has 0 saturated carbocycles. The van der Waals surface area contributed by atoms with Crippen molar-refractivity contribution in [3.8, 4) is 5.88 Å². The fourth-order valence-corrected chi connectivity index (χ4v) is 2.11. The first-order chi connectivity index (χ1) is 9.47. The molecule has 6 heteroatoms. The largest absolute Gasteiger partial charge is 0.473 e. The second-order valence-electron chi connectivity index (χ2n) is 4.48. The molecule has 0 unspecified atom stereocenters. The van der Waals surface area contributed by atoms with Crippen LogP contribution in [0.25, 0.3) is 0 Å². The Morgan fingerprint density at radius 3 is 2.75 bits per heavy atom. The summed E-state index contributed by atoms with van der Waals surface area (Å²) in [4.78, 5) is 4.36. The molecule has 1 aromatic carbocycles. The van der Waals surface area contributed by atoms with Crippen molar-refractivity contribution in [2.75, 3.05) is 11.1 Å². The van der Waals surface area contributed by atoms with Crippen LogP contribution in [0.4, 0.5) is 17.2 Å². The van der Waals surface area contributed by atoms with E-state index in [4.69, 9.17) is 22.1 Å². The minimum atomic E-state index is 0.0120. The van der Waals surface area contributed by atoms with E-state index >= 15 is 0 Å². The van der Waals surface area contributed by atoms with Crippen molar-refractivity contribution >= 4 is 44.7 Å². The maximum atomic E-state index is 6.05. The number of rotatable bonds is 4. The number of ether oxygens (including phenoxy) is 1. The first-order valence-corrected chi connectivity index (χ1v) is 7.28. The van der Waals surface area contributed by atoms with Crippen LogP contribution in [0.1, 0.15) is 13.8 Å². The lowest BCUT2D eigenvalue weighted by Crippen LogP contribution is -2.09. The number of nitrogens with one attached hydrogen (secondary N) is 1. The second kappa shape index (κ2) is 6.33. The number of anilines is 3. The van der Waals surface area contributed by atoms with E-state index in [1.165, 1.54) is 0 Å². The molecule has 0 saturated heterocycles. The van der Waals surface area contributed by atoms with Gasteiger partial charge in [0.25, 0.3) is 0 Å². The number of nitrogen functional groups attached to an aromatic ring is 1. The molecule has 0 amide bonds. The molecule has 20 heavy (non-hydrogen) atoms. The summed E-state index contributed by atoms with van der Waals surface area (Å²) in [6.45, 7) is 3.85. The second-order valence-corrected chi connectivity index (χ2v) is 5.68. The van der Waals surface area contributed by atoms with Gasteiger partial charge in [-0.25, -0.2) is 0 Å². The topological polar surface area (TPSA) is 60.2 Å². The van der Waals surface area contributed by atoms with Crippen LogP contribution in [-0.4, -0.2) is 11.1 Å². The Morgan fingerprint density at radius 2 is 2.05 bits per heavy atom. The van der Waals surface area contributed by atoms with Crippen molar-refractivity contribution in [3.05, 3.63) is 39.8 Å². The molecule has 0 bridgehead atoms. The smallest absolute Gasteiger partial charge is 0.239 e. The number of hydrogen-bond acceptors (Lipinski definition) is 4. The molecule has 3 N–H and O–H groups in total. The van der Waals surface area contributed by atoms with Gasteiger partial charge in [-0.15, -0.1) is 0 Å². The van der Waals surface area contributed by atoms with E-state index in [1.54, 1.807) is 18.2 Å². The predicted molar refractivity (Wildman–Crippen MR) is 86.8 cm³/mol. The molecule has 0 aliphatic heterocycles. The highest BCUT2D eigenvalue weighted by molar-refractivity contribution is 9.10. The van der Waals surface area contributed by atoms with E-state index < -0.39 is 0 Å². The van der Waals surface area contributed by atoms with Crippen LogP contribution < -0.4 is 15.8 Å². The van der Waals surface area contributed by atoms with Gasteiger partial charge >= 0.3 is 0 Å². The van der Waals surface area contributed by atoms with Gasteiger partial charge in [0.2, 0.25) is 5.88 Å². The summed E-state index contributed by atoms with van der Waals surface area (Å²) in [5.74, 6) is 1.06. The summed E-state index contributed by atoms with van der Waals surface area (Å²) in [7, 11) is 0. The Hall–Kier alpha value is -1.46. The lowest BCUT2D eigenvalue weighted by atomic mass is 10.3. The van der Waals surface area contributed by atoms with Gasteiger partial charge in [-0.2, -0.15) is 4.98 Å². The van der Waals surface area contributed by atoms with Gasteiger partial charge in [0, 0.05) is 0 Å². The van der Waals surface area contributed by atoms with Gasteiger partial charge in [0.1, 0.15) is 5.82 Å². The molecule has 0 aliphatic carbocycles. The highest BCUT2D eigenvalue weighted by atomic mass is 79.9. The maximum Gasteiger partial charge on any atom is 0.239 e. The quantitative estimate of drug-likeness (QED) is 0.840. The lowest BCUT2D eigenvalue weighted by molar-refractivity contribution is 0.234. The van der Waals surface area contributed by atoms with E-state index in [2.05, 4.69) is 26.2 Å². The monoisotopic (exact) mass is 355 g/mol. The molecule has 0 spiro atoms. The highest BCUT2D eigenvalue weighted by Crippen LogP contribution is 2.32. The zero-order chi connectivity index (χ0) is 14.7. The third kappa shape index (κ3) is 3.55. The summed E-state index contributed by atoms with van der Waals surface area (Å²) in [6, 6.07) is 9.11. The fraction of sp³-hybridized carbons (Fsp3) is 0.214. The number of benzene rings is 1. The van der Waals surface area contributed by atoms with Crippen LogP contribution >= 0.6 is 27.5 Å². The molecule has 2 rings (SSSR count). The summed E-state index contributed by atoms with van der Waals surface area (Å²) in [5, 5.41) is 3.80. The van der Waals surface area contributed by atoms with Crippen LogP contribution in [0.3, 0.4) is 0 Å². The zero-order valence-corrected chi connectivity index (χ0v) is 13.5. The Kier molecular flexibility index (Phi) is 4.73. The van der Waals surface area contributed by atoms with E-state index in [0.29, 0.717) is 22.4 Å². The summed E-state index contributed by atoms with van der Waals surface area (Å²) >= 11 is 9.49. The predicted octanol–water partition coefficient (Wildman–Crippen LogP) is 4.61. The van der Waals surface area contributed by atoms with Crippen molar-refractivity contribution in [1.29, 1.82) is 0 Å². The molecular formula is C14H15BrClN3O. The lowest BCUT2D eigenvalue weighted by Gasteiger charge is -2.13. The van der Waals surface area contributed by atoms with Crippen LogP contribution in [0, 0.1) is 0 Å². The molecule has 106 valence electrons. The average molecular weight is 357 g/mol. The normalized spacial score (nSPS) is 10.7. The van der Waals surface area contributed by atoms with Crippen molar-refractivity contribution in [3.63, 3.8) is 0 Å². The van der Waals surface area contributed by atoms with Gasteiger partial charge < -0.3 is 15.8 Å². The third-order valence-corrected chi connectivity index (χ3v) is 3.85. The van der Waals surface area contributed by atoms with Gasteiger partial charge in [0.05, 0.1) is 27.0 Å². The maximum absolute atomic E-state index is 6.05. The zero-order valence-electron chi connectivity index (χ0n) is 11.2. The molecule has 1 aromatic heterocycles. The Balaban J connectivity index is 2.27. The van der Waals surface area contributed by atoms with Crippen LogP contribution in [0.15, 0.2) is 34.8 Å². The van der Waals surface area contributed by atoms with Crippen LogP contribution in [-0.2, 0) is 0 Å². The van der Waals surface area contributed by atoms with Crippen molar-refractivity contribution in [2.24, 2.45) is 0 Å². The number of pyridine rings is 1. The number of aromatic nitrogens is 1. The summed E-state index contributed by atoms with van der Waals surface area (Å²) in [6.07, 6.45) is 0.0120. The summed E-state index contributed by atoms with van der Waals surface area (Å²) < 4.78 is 6.35. The molecule has 4 nitrogen and oxygen atoms in total. The summed E-state index contributed by atoms with van der Waals surface area (Å²) in [5.41, 5.74) is 7.17. The van der Waals surface area contributed by atoms with Crippen LogP contribution in [0.5, 0.6) is 5.88 Å². The first-order valence-electron chi connectivity index (χ1n) is 6.11. The molecule has 0 radical (unpaired) electrons. The third-order valence-electron chi connectivity index (χ3n) is 2.45. The minimum absolute atomic E-state index is 0.0120. The Labute approximate surface area is 131 Å². The Morgan fingerprint density at radius 1 is 1.30 bits per heavy atom. The Bertz CT molecular complexity index is 619. The van der Waals surface area contributed by atoms with Crippen LogP contribution in [0.2, 0.25) is 5.02 Å². The number of hydrogen-bond donors (Lipinski definition) is 2. The average Bonchev–Trinajstić information content (AvgIpc) is 2.38. The molecule has 2 aromatic rings. The molecule has 0 fully saturated rings. The minimum Gasteiger partial charge on any atom is -0.473 e. The highest BCUT2D eigenvalue weighted by Gasteiger charge is 2.09. The van der Waals surface area contributed by atoms with E-state index in [1.807, 2.05) is 26.0 Å². The van der Waals surface area contributed by atoms with Gasteiger partial charge in [-0.3, -0.25) is 0 Å².